The lowest BCUT2D eigenvalue weighted by Crippen LogP contribution is -2.20. The first-order valence-electron chi connectivity index (χ1n) is 9.44. The van der Waals surface area contributed by atoms with Crippen LogP contribution in [-0.2, 0) is 0 Å². The molecule has 0 aliphatic heterocycles. The number of amides is 2. The van der Waals surface area contributed by atoms with E-state index < -0.39 is 6.03 Å². The van der Waals surface area contributed by atoms with E-state index in [4.69, 9.17) is 28.2 Å². The molecule has 0 unspecified atom stereocenters. The van der Waals surface area contributed by atoms with Crippen molar-refractivity contribution in [3.63, 3.8) is 0 Å². The molecular weight excluding hydrogens is 433 g/mol. The number of carbonyl (C=O) groups is 1. The number of aromatic nitrogens is 3. The molecule has 152 valence electrons. The molecule has 0 saturated heterocycles. The Balaban J connectivity index is 1.54. The fourth-order valence-electron chi connectivity index (χ4n) is 3.37. The van der Waals surface area contributed by atoms with Crippen LogP contribution in [0.2, 0.25) is 10.0 Å². The highest BCUT2D eigenvalue weighted by Crippen LogP contribution is 2.28. The lowest BCUT2D eigenvalue weighted by atomic mass is 10.2. The Morgan fingerprint density at radius 3 is 2.39 bits per heavy atom. The van der Waals surface area contributed by atoms with Crippen LogP contribution in [0, 0.1) is 0 Å². The zero-order valence-corrected chi connectivity index (χ0v) is 17.5. The Labute approximate surface area is 187 Å². The molecule has 0 radical (unpaired) electrons. The summed E-state index contributed by atoms with van der Waals surface area (Å²) in [5, 5.41) is 13.0. The van der Waals surface area contributed by atoms with Crippen molar-refractivity contribution >= 4 is 57.2 Å². The van der Waals surface area contributed by atoms with Gasteiger partial charge in [-0.2, -0.15) is 0 Å². The molecule has 8 heteroatoms. The molecule has 3 aromatic carbocycles. The summed E-state index contributed by atoms with van der Waals surface area (Å²) >= 11 is 12.0. The molecule has 0 saturated carbocycles. The van der Waals surface area contributed by atoms with Gasteiger partial charge < -0.3 is 5.32 Å². The maximum atomic E-state index is 12.6. The number of hydrogen-bond donors (Lipinski definition) is 2. The molecular formula is C23H15Cl2N5O. The van der Waals surface area contributed by atoms with Gasteiger partial charge in [-0.05, 0) is 30.3 Å². The van der Waals surface area contributed by atoms with E-state index in [2.05, 4.69) is 15.7 Å². The number of anilines is 2. The van der Waals surface area contributed by atoms with Crippen LogP contribution in [0.5, 0.6) is 0 Å². The third-order valence-electron chi connectivity index (χ3n) is 4.77. The summed E-state index contributed by atoms with van der Waals surface area (Å²) in [5.74, 6) is 0.419. The molecule has 2 N–H and O–H groups in total. The molecule has 2 heterocycles. The van der Waals surface area contributed by atoms with E-state index in [9.17, 15) is 4.79 Å². The second-order valence-electron chi connectivity index (χ2n) is 6.88. The smallest absolute Gasteiger partial charge is 0.308 e. The largest absolute Gasteiger partial charge is 0.324 e. The van der Waals surface area contributed by atoms with Gasteiger partial charge in [-0.1, -0.05) is 65.7 Å². The minimum Gasteiger partial charge on any atom is -0.308 e. The van der Waals surface area contributed by atoms with E-state index in [1.807, 2.05) is 54.7 Å². The van der Waals surface area contributed by atoms with Crippen molar-refractivity contribution in [2.75, 3.05) is 10.6 Å². The second kappa shape index (κ2) is 7.91. The number of nitrogens with one attached hydrogen (secondary N) is 2. The molecule has 5 rings (SSSR count). The number of halogens is 2. The van der Waals surface area contributed by atoms with Gasteiger partial charge in [0.2, 0.25) is 0 Å². The van der Waals surface area contributed by atoms with E-state index in [-0.39, 0.29) is 0 Å². The Hall–Kier alpha value is -3.61. The normalized spacial score (nSPS) is 11.0. The van der Waals surface area contributed by atoms with Crippen LogP contribution in [-0.4, -0.2) is 20.6 Å². The number of rotatable bonds is 3. The maximum Gasteiger partial charge on any atom is 0.324 e. The highest BCUT2D eigenvalue weighted by atomic mass is 35.5. The van der Waals surface area contributed by atoms with Crippen molar-refractivity contribution in [2.24, 2.45) is 0 Å². The summed E-state index contributed by atoms with van der Waals surface area (Å²) in [5.41, 5.74) is 2.96. The minimum atomic E-state index is -0.419. The first kappa shape index (κ1) is 19.4. The van der Waals surface area contributed by atoms with E-state index in [0.29, 0.717) is 27.2 Å². The van der Waals surface area contributed by atoms with Crippen LogP contribution in [0.3, 0.4) is 0 Å². The molecule has 31 heavy (non-hydrogen) atoms. The van der Waals surface area contributed by atoms with Crippen molar-refractivity contribution in [3.05, 3.63) is 89.0 Å². The lowest BCUT2D eigenvalue weighted by molar-refractivity contribution is 0.262. The Morgan fingerprint density at radius 1 is 0.839 bits per heavy atom. The second-order valence-corrected chi connectivity index (χ2v) is 7.76. The Morgan fingerprint density at radius 2 is 1.61 bits per heavy atom. The van der Waals surface area contributed by atoms with Gasteiger partial charge >= 0.3 is 6.03 Å². The fourth-order valence-corrected chi connectivity index (χ4v) is 3.68. The number of carbonyl (C=O) groups excluding carboxylic acids is 1. The molecule has 0 spiro atoms. The minimum absolute atomic E-state index is 0.419. The summed E-state index contributed by atoms with van der Waals surface area (Å²) in [6, 6.07) is 21.6. The van der Waals surface area contributed by atoms with Crippen LogP contribution in [0.25, 0.3) is 27.7 Å². The van der Waals surface area contributed by atoms with Gasteiger partial charge in [0, 0.05) is 32.1 Å². The van der Waals surface area contributed by atoms with Crippen LogP contribution in [0.4, 0.5) is 16.3 Å². The molecule has 0 bridgehead atoms. The summed E-state index contributed by atoms with van der Waals surface area (Å²) < 4.78 is 1.67. The lowest BCUT2D eigenvalue weighted by Gasteiger charge is -2.10. The van der Waals surface area contributed by atoms with E-state index in [1.165, 1.54) is 0 Å². The van der Waals surface area contributed by atoms with Crippen LogP contribution in [0.15, 0.2) is 79.0 Å². The number of hydrogen-bond acceptors (Lipinski definition) is 3. The van der Waals surface area contributed by atoms with Gasteiger partial charge in [0.25, 0.3) is 0 Å². The monoisotopic (exact) mass is 447 g/mol. The summed E-state index contributed by atoms with van der Waals surface area (Å²) in [6.45, 7) is 0. The number of urea groups is 1. The van der Waals surface area contributed by atoms with Crippen molar-refractivity contribution in [3.8, 4) is 11.3 Å². The van der Waals surface area contributed by atoms with Crippen molar-refractivity contribution in [1.82, 2.24) is 14.6 Å². The average Bonchev–Trinajstić information content (AvgIpc) is 3.18. The number of benzene rings is 3. The predicted molar refractivity (Wildman–Crippen MR) is 125 cm³/mol. The van der Waals surface area contributed by atoms with Crippen LogP contribution >= 0.6 is 23.2 Å². The van der Waals surface area contributed by atoms with Gasteiger partial charge in [-0.3, -0.25) is 5.32 Å². The number of imidazole rings is 1. The first-order valence-corrected chi connectivity index (χ1v) is 10.2. The summed E-state index contributed by atoms with van der Waals surface area (Å²) in [4.78, 5) is 17.3. The molecule has 2 amide bonds. The molecule has 0 aliphatic carbocycles. The zero-order valence-electron chi connectivity index (χ0n) is 16.0. The third-order valence-corrected chi connectivity index (χ3v) is 5.26. The van der Waals surface area contributed by atoms with Crippen molar-refractivity contribution in [2.45, 2.75) is 0 Å². The van der Waals surface area contributed by atoms with E-state index in [1.54, 1.807) is 28.8 Å². The average molecular weight is 448 g/mol. The number of nitrogens with zero attached hydrogens (tertiary/aromatic N) is 3. The van der Waals surface area contributed by atoms with Crippen LogP contribution in [0.1, 0.15) is 0 Å². The fraction of sp³-hybridized carbons (Fsp3) is 0. The number of fused-ring (bicyclic) bond motifs is 3. The molecule has 0 fully saturated rings. The summed E-state index contributed by atoms with van der Waals surface area (Å²) in [6.07, 6.45) is 1.82. The van der Waals surface area contributed by atoms with Gasteiger partial charge in [-0.15, -0.1) is 5.10 Å². The standard InChI is InChI=1S/C23H15Cl2N5O/c24-15-10-8-14(9-11-15)20-13-30-22(27-20)19-7-2-1-6-18(19)21(29-30)28-23(31)26-17-5-3-4-16(25)12-17/h1-13H,(H2,26,28,29,31). The molecule has 0 atom stereocenters. The molecule has 5 aromatic rings. The predicted octanol–water partition coefficient (Wildman–Crippen LogP) is 6.50. The summed E-state index contributed by atoms with van der Waals surface area (Å²) in [7, 11) is 0. The van der Waals surface area contributed by atoms with Gasteiger partial charge in [0.1, 0.15) is 0 Å². The third kappa shape index (κ3) is 3.91. The van der Waals surface area contributed by atoms with Crippen molar-refractivity contribution < 1.29 is 4.79 Å². The maximum absolute atomic E-state index is 12.6. The quantitative estimate of drug-likeness (QED) is 0.331. The SMILES string of the molecule is O=C(Nc1cccc(Cl)c1)Nc1nn2cc(-c3ccc(Cl)cc3)nc2c2ccccc12. The van der Waals surface area contributed by atoms with Crippen molar-refractivity contribution in [1.29, 1.82) is 0 Å². The topological polar surface area (TPSA) is 71.3 Å². The zero-order chi connectivity index (χ0) is 21.4. The highest BCUT2D eigenvalue weighted by Gasteiger charge is 2.14. The molecule has 0 aliphatic rings. The first-order chi connectivity index (χ1) is 15.1. The van der Waals surface area contributed by atoms with E-state index >= 15 is 0 Å². The van der Waals surface area contributed by atoms with Gasteiger partial charge in [0.15, 0.2) is 11.5 Å². The highest BCUT2D eigenvalue weighted by molar-refractivity contribution is 6.31. The van der Waals surface area contributed by atoms with Gasteiger partial charge in [0.05, 0.1) is 11.9 Å². The van der Waals surface area contributed by atoms with Crippen LogP contribution < -0.4 is 10.6 Å². The Bertz CT molecular complexity index is 1430. The van der Waals surface area contributed by atoms with Gasteiger partial charge in [-0.25, -0.2) is 14.3 Å². The Kier molecular flexibility index (Phi) is 4.94. The molecule has 6 nitrogen and oxygen atoms in total. The molecule has 2 aromatic heterocycles. The van der Waals surface area contributed by atoms with E-state index in [0.717, 1.165) is 22.0 Å².